The number of ether oxygens (including phenoxy) is 1. The fourth-order valence-corrected chi connectivity index (χ4v) is 2.35. The second-order valence-electron chi connectivity index (χ2n) is 5.52. The average Bonchev–Trinajstić information content (AvgIpc) is 2.51. The number of anilines is 1. The van der Waals surface area contributed by atoms with Crippen LogP contribution in [0.15, 0.2) is 30.5 Å². The second kappa shape index (κ2) is 7.75. The number of rotatable bonds is 7. The van der Waals surface area contributed by atoms with Gasteiger partial charge in [-0.15, -0.1) is 0 Å². The number of nitrogens with one attached hydrogen (secondary N) is 2. The van der Waals surface area contributed by atoms with Crippen LogP contribution < -0.4 is 10.2 Å². The SMILES string of the molecule is CCOC(=O)c1cnc2ccccc2c1NCCC[NH+](C)C. The van der Waals surface area contributed by atoms with E-state index in [0.29, 0.717) is 12.2 Å². The summed E-state index contributed by atoms with van der Waals surface area (Å²) in [6, 6.07) is 7.82. The van der Waals surface area contributed by atoms with E-state index in [9.17, 15) is 4.79 Å². The van der Waals surface area contributed by atoms with Gasteiger partial charge in [-0.05, 0) is 13.0 Å². The monoisotopic (exact) mass is 302 g/mol. The van der Waals surface area contributed by atoms with Gasteiger partial charge in [0, 0.05) is 24.5 Å². The topological polar surface area (TPSA) is 55.7 Å². The first-order valence-corrected chi connectivity index (χ1v) is 7.71. The molecule has 0 atom stereocenters. The number of carbonyl (C=O) groups is 1. The first kappa shape index (κ1) is 16.2. The van der Waals surface area contributed by atoms with Crippen molar-refractivity contribution >= 4 is 22.6 Å². The van der Waals surface area contributed by atoms with Gasteiger partial charge in [-0.3, -0.25) is 4.98 Å². The van der Waals surface area contributed by atoms with Gasteiger partial charge in [0.2, 0.25) is 0 Å². The van der Waals surface area contributed by atoms with Crippen LogP contribution in [0.1, 0.15) is 23.7 Å². The third-order valence-electron chi connectivity index (χ3n) is 3.43. The summed E-state index contributed by atoms with van der Waals surface area (Å²) in [7, 11) is 4.26. The quantitative estimate of drug-likeness (QED) is 0.599. The zero-order valence-corrected chi connectivity index (χ0v) is 13.5. The molecule has 0 fully saturated rings. The first-order chi connectivity index (χ1) is 10.6. The van der Waals surface area contributed by atoms with Crippen LogP contribution in [0.4, 0.5) is 5.69 Å². The zero-order chi connectivity index (χ0) is 15.9. The molecular weight excluding hydrogens is 278 g/mol. The number of hydrogen-bond donors (Lipinski definition) is 2. The summed E-state index contributed by atoms with van der Waals surface area (Å²) < 4.78 is 5.14. The summed E-state index contributed by atoms with van der Waals surface area (Å²) in [6.45, 7) is 4.05. The molecule has 5 heteroatoms. The van der Waals surface area contributed by atoms with Gasteiger partial charge < -0.3 is 15.0 Å². The predicted molar refractivity (Wildman–Crippen MR) is 88.5 cm³/mol. The molecule has 1 heterocycles. The van der Waals surface area contributed by atoms with Crippen LogP contribution in [0.2, 0.25) is 0 Å². The van der Waals surface area contributed by atoms with Crippen molar-refractivity contribution in [3.8, 4) is 0 Å². The standard InChI is InChI=1S/C17H23N3O2/c1-4-22-17(21)14-12-19-15-9-6-5-8-13(15)16(14)18-10-7-11-20(2)3/h5-6,8-9,12H,4,7,10-11H2,1-3H3,(H,18,19)/p+1. The van der Waals surface area contributed by atoms with E-state index in [2.05, 4.69) is 24.4 Å². The molecule has 0 unspecified atom stereocenters. The molecule has 2 rings (SSSR count). The van der Waals surface area contributed by atoms with Gasteiger partial charge in [-0.1, -0.05) is 18.2 Å². The van der Waals surface area contributed by atoms with E-state index in [1.807, 2.05) is 24.3 Å². The Bertz CT molecular complexity index is 641. The average molecular weight is 302 g/mol. The van der Waals surface area contributed by atoms with Crippen LogP contribution in [0, 0.1) is 0 Å². The minimum Gasteiger partial charge on any atom is -0.462 e. The van der Waals surface area contributed by atoms with Crippen LogP contribution in [0.25, 0.3) is 10.9 Å². The molecule has 0 aliphatic rings. The van der Waals surface area contributed by atoms with Gasteiger partial charge in [0.05, 0.1) is 38.5 Å². The highest BCUT2D eigenvalue weighted by Crippen LogP contribution is 2.26. The van der Waals surface area contributed by atoms with Gasteiger partial charge in [0.1, 0.15) is 5.56 Å². The summed E-state index contributed by atoms with van der Waals surface area (Å²) >= 11 is 0. The Labute approximate surface area is 131 Å². The van der Waals surface area contributed by atoms with Gasteiger partial charge in [0.25, 0.3) is 0 Å². The molecular formula is C17H24N3O2+. The second-order valence-corrected chi connectivity index (χ2v) is 5.52. The third-order valence-corrected chi connectivity index (χ3v) is 3.43. The van der Waals surface area contributed by atoms with Crippen molar-refractivity contribution in [2.24, 2.45) is 0 Å². The number of para-hydroxylation sites is 1. The molecule has 2 aromatic rings. The molecule has 0 aliphatic heterocycles. The molecule has 1 aromatic heterocycles. The summed E-state index contributed by atoms with van der Waals surface area (Å²) in [5.74, 6) is -0.332. The molecule has 0 radical (unpaired) electrons. The van der Waals surface area contributed by atoms with E-state index < -0.39 is 0 Å². The molecule has 0 amide bonds. The van der Waals surface area contributed by atoms with Crippen LogP contribution in [-0.4, -0.2) is 44.7 Å². The number of pyridine rings is 1. The normalized spacial score (nSPS) is 10.9. The maximum absolute atomic E-state index is 12.1. The Balaban J connectivity index is 2.29. The number of hydrogen-bond acceptors (Lipinski definition) is 4. The maximum atomic E-state index is 12.1. The lowest BCUT2D eigenvalue weighted by molar-refractivity contribution is -0.858. The molecule has 0 bridgehead atoms. The molecule has 1 aromatic carbocycles. The Morgan fingerprint density at radius 2 is 2.09 bits per heavy atom. The predicted octanol–water partition coefficient (Wildman–Crippen LogP) is 1.36. The van der Waals surface area contributed by atoms with Crippen molar-refractivity contribution in [2.75, 3.05) is 39.1 Å². The van der Waals surface area contributed by atoms with Crippen molar-refractivity contribution in [3.05, 3.63) is 36.0 Å². The van der Waals surface area contributed by atoms with Crippen LogP contribution in [0.3, 0.4) is 0 Å². The molecule has 0 saturated carbocycles. The number of nitrogens with zero attached hydrogens (tertiary/aromatic N) is 1. The number of carbonyl (C=O) groups excluding carboxylic acids is 1. The Hall–Kier alpha value is -2.14. The van der Waals surface area contributed by atoms with Gasteiger partial charge in [-0.2, -0.15) is 0 Å². The van der Waals surface area contributed by atoms with Crippen molar-refractivity contribution in [3.63, 3.8) is 0 Å². The number of esters is 1. The molecule has 0 spiro atoms. The molecule has 0 saturated heterocycles. The van der Waals surface area contributed by atoms with Crippen molar-refractivity contribution in [1.82, 2.24) is 4.98 Å². The largest absolute Gasteiger partial charge is 0.462 e. The molecule has 0 aliphatic carbocycles. The number of fused-ring (bicyclic) bond motifs is 1. The number of aromatic nitrogens is 1. The Kier molecular flexibility index (Phi) is 5.72. The lowest BCUT2D eigenvalue weighted by atomic mass is 10.1. The summed E-state index contributed by atoms with van der Waals surface area (Å²) in [4.78, 5) is 17.9. The van der Waals surface area contributed by atoms with Gasteiger partial charge >= 0.3 is 5.97 Å². The summed E-state index contributed by atoms with van der Waals surface area (Å²) in [5.41, 5.74) is 2.19. The van der Waals surface area contributed by atoms with E-state index in [0.717, 1.165) is 36.1 Å². The van der Waals surface area contributed by atoms with E-state index in [1.54, 1.807) is 13.1 Å². The van der Waals surface area contributed by atoms with Crippen LogP contribution >= 0.6 is 0 Å². The highest BCUT2D eigenvalue weighted by Gasteiger charge is 2.16. The summed E-state index contributed by atoms with van der Waals surface area (Å²) in [6.07, 6.45) is 2.63. The fourth-order valence-electron chi connectivity index (χ4n) is 2.35. The molecule has 5 nitrogen and oxygen atoms in total. The van der Waals surface area contributed by atoms with E-state index in [1.165, 1.54) is 4.90 Å². The van der Waals surface area contributed by atoms with Crippen molar-refractivity contribution in [1.29, 1.82) is 0 Å². The lowest BCUT2D eigenvalue weighted by Gasteiger charge is -2.14. The number of quaternary nitrogens is 1. The molecule has 118 valence electrons. The van der Waals surface area contributed by atoms with E-state index >= 15 is 0 Å². The molecule has 22 heavy (non-hydrogen) atoms. The Morgan fingerprint density at radius 3 is 2.82 bits per heavy atom. The van der Waals surface area contributed by atoms with Crippen molar-refractivity contribution < 1.29 is 14.4 Å². The first-order valence-electron chi connectivity index (χ1n) is 7.71. The number of benzene rings is 1. The van der Waals surface area contributed by atoms with Crippen LogP contribution in [-0.2, 0) is 4.74 Å². The smallest absolute Gasteiger partial charge is 0.341 e. The highest BCUT2D eigenvalue weighted by atomic mass is 16.5. The third kappa shape index (κ3) is 3.95. The summed E-state index contributed by atoms with van der Waals surface area (Å²) in [5, 5.41) is 4.35. The minimum absolute atomic E-state index is 0.332. The van der Waals surface area contributed by atoms with Crippen LogP contribution in [0.5, 0.6) is 0 Å². The lowest BCUT2D eigenvalue weighted by Crippen LogP contribution is -3.05. The zero-order valence-electron chi connectivity index (χ0n) is 13.5. The maximum Gasteiger partial charge on any atom is 0.341 e. The van der Waals surface area contributed by atoms with E-state index in [4.69, 9.17) is 4.74 Å². The minimum atomic E-state index is -0.332. The fraction of sp³-hybridized carbons (Fsp3) is 0.412. The van der Waals surface area contributed by atoms with E-state index in [-0.39, 0.29) is 5.97 Å². The van der Waals surface area contributed by atoms with Gasteiger partial charge in [-0.25, -0.2) is 4.79 Å². The molecule has 2 N–H and O–H groups in total. The highest BCUT2D eigenvalue weighted by molar-refractivity contribution is 6.04. The van der Waals surface area contributed by atoms with Crippen molar-refractivity contribution in [2.45, 2.75) is 13.3 Å². The Morgan fingerprint density at radius 1 is 1.32 bits per heavy atom. The van der Waals surface area contributed by atoms with Gasteiger partial charge in [0.15, 0.2) is 0 Å².